The zero-order valence-corrected chi connectivity index (χ0v) is 55.5. The van der Waals surface area contributed by atoms with Crippen LogP contribution in [0.3, 0.4) is 0 Å². The first kappa shape index (κ1) is 107. The van der Waals surface area contributed by atoms with Crippen LogP contribution in [-0.4, -0.2) is 299 Å². The van der Waals surface area contributed by atoms with Gasteiger partial charge in [0.1, 0.15) is 19.8 Å². The van der Waals surface area contributed by atoms with E-state index in [1.807, 2.05) is 0 Å². The molecule has 0 aromatic heterocycles. The van der Waals surface area contributed by atoms with E-state index in [4.69, 9.17) is 69.3 Å². The van der Waals surface area contributed by atoms with E-state index in [1.54, 1.807) is 6.92 Å². The largest absolute Gasteiger partial charge is 0.481 e. The smallest absolute Gasteiger partial charge is 0.332 e. The van der Waals surface area contributed by atoms with Crippen molar-refractivity contribution < 1.29 is 212 Å². The van der Waals surface area contributed by atoms with Crippen molar-refractivity contribution in [2.24, 2.45) is 0 Å². The highest BCUT2D eigenvalue weighted by molar-refractivity contribution is 5.71. The number of carboxylic acid groups (broad SMARTS) is 8. The van der Waals surface area contributed by atoms with Crippen LogP contribution in [0.5, 0.6) is 0 Å². The van der Waals surface area contributed by atoms with E-state index in [0.717, 1.165) is 38.5 Å². The van der Waals surface area contributed by atoms with Gasteiger partial charge in [0.25, 0.3) is 51.8 Å². The average molecular weight is 1470 g/mol. The molecule has 2 atom stereocenters. The monoisotopic (exact) mass is 1470 g/mol. The van der Waals surface area contributed by atoms with Gasteiger partial charge in [-0.1, -0.05) is 19.3 Å². The number of hydrogen-bond acceptors (Lipinski definition) is 36. The summed E-state index contributed by atoms with van der Waals surface area (Å²) in [6, 6.07) is 0. The van der Waals surface area contributed by atoms with Crippen molar-refractivity contribution in [3.63, 3.8) is 0 Å². The number of rotatable bonds is 66. The number of carboxylic acids is 8. The van der Waals surface area contributed by atoms with Crippen molar-refractivity contribution in [2.75, 3.05) is 147 Å². The van der Waals surface area contributed by atoms with Gasteiger partial charge in [-0.25, -0.2) is 19.2 Å². The van der Waals surface area contributed by atoms with Crippen LogP contribution < -0.4 is 0 Å². The SMILES string of the molecule is CC(OC=O)OCCCCCC(=O)O.CC(OCOC=O)C(=O)O.O=COCOCC(=O)O.O=COCOCCCCCC(=O)O.O=COCOCCOCC(=O)O.O=COCOCCOCC(=O)O.O=COCOCCOCCCC(=O)O.O=COCOCCOCCCCCC(=O)O. The zero-order valence-electron chi connectivity index (χ0n) is 55.5. The minimum Gasteiger partial charge on any atom is -0.481 e. The Labute approximate surface area is 573 Å². The Morgan fingerprint density at radius 3 is 0.830 bits per heavy atom. The van der Waals surface area contributed by atoms with E-state index in [2.05, 4.69) is 66.3 Å². The Bertz CT molecular complexity index is 1910. The molecule has 0 saturated carbocycles. The van der Waals surface area contributed by atoms with Gasteiger partial charge < -0.3 is 136 Å². The predicted molar refractivity (Wildman–Crippen MR) is 322 cm³/mol. The molecule has 0 rings (SSSR count). The van der Waals surface area contributed by atoms with Gasteiger partial charge >= 0.3 is 47.8 Å². The van der Waals surface area contributed by atoms with Crippen LogP contribution in [0, 0.1) is 0 Å². The topological polar surface area (TPSA) is 620 Å². The number of unbranched alkanes of at least 4 members (excludes halogenated alkanes) is 6. The average Bonchev–Trinajstić information content (AvgIpc) is 2.96. The lowest BCUT2D eigenvalue weighted by atomic mass is 10.2. The lowest BCUT2D eigenvalue weighted by molar-refractivity contribution is -0.163. The fourth-order valence-electron chi connectivity index (χ4n) is 4.68. The normalized spacial score (nSPS) is 10.1. The van der Waals surface area contributed by atoms with Gasteiger partial charge in [0, 0.05) is 38.9 Å². The highest BCUT2D eigenvalue weighted by Crippen LogP contribution is 2.03. The molecule has 0 bridgehead atoms. The van der Waals surface area contributed by atoms with E-state index in [1.165, 1.54) is 6.92 Å². The molecule has 0 aromatic rings. The Balaban J connectivity index is -0.000000162. The summed E-state index contributed by atoms with van der Waals surface area (Å²) in [5, 5.41) is 65.7. The molecule has 0 heterocycles. The number of aliphatic carboxylic acids is 8. The molecule has 0 aromatic carbocycles. The molecule has 0 saturated heterocycles. The minimum absolute atomic E-state index is 0.0254. The lowest BCUT2D eigenvalue weighted by Gasteiger charge is -2.09. The van der Waals surface area contributed by atoms with Crippen LogP contribution in [0.15, 0.2) is 0 Å². The maximum absolute atomic E-state index is 10.2. The summed E-state index contributed by atoms with van der Waals surface area (Å²) in [5.74, 6) is -7.38. The lowest BCUT2D eigenvalue weighted by Crippen LogP contribution is -2.20. The van der Waals surface area contributed by atoms with Gasteiger partial charge in [0.2, 0.25) is 0 Å². The van der Waals surface area contributed by atoms with Crippen molar-refractivity contribution in [3.05, 3.63) is 0 Å². The van der Waals surface area contributed by atoms with Crippen molar-refractivity contribution in [1.82, 2.24) is 0 Å². The molecular formula is C56H96O44. The Hall–Kier alpha value is -8.96. The quantitative estimate of drug-likeness (QED) is 0.0173. The Morgan fingerprint density at radius 2 is 0.520 bits per heavy atom. The van der Waals surface area contributed by atoms with Crippen LogP contribution >= 0.6 is 0 Å². The zero-order chi connectivity index (χ0) is 77.0. The number of hydrogen-bond donors (Lipinski definition) is 8. The van der Waals surface area contributed by atoms with Gasteiger partial charge in [-0.15, -0.1) is 0 Å². The Morgan fingerprint density at radius 1 is 0.260 bits per heavy atom. The van der Waals surface area contributed by atoms with Crippen LogP contribution in [0.25, 0.3) is 0 Å². The van der Waals surface area contributed by atoms with Crippen molar-refractivity contribution in [2.45, 2.75) is 116 Å². The first-order valence-electron chi connectivity index (χ1n) is 29.2. The minimum atomic E-state index is -1.09. The predicted octanol–water partition coefficient (Wildman–Crippen LogP) is 0.0496. The van der Waals surface area contributed by atoms with Crippen LogP contribution in [0.2, 0.25) is 0 Å². The molecule has 0 spiro atoms. The third kappa shape index (κ3) is 141. The molecular weight excluding hydrogens is 1380 g/mol. The number of carbonyl (C=O) groups is 16. The summed E-state index contributed by atoms with van der Waals surface area (Å²) in [5.41, 5.74) is 0. The summed E-state index contributed by atoms with van der Waals surface area (Å²) in [7, 11) is 0. The van der Waals surface area contributed by atoms with Gasteiger partial charge in [-0.05, 0) is 58.8 Å². The van der Waals surface area contributed by atoms with E-state index in [0.29, 0.717) is 104 Å². The number of carbonyl (C=O) groups excluding carboxylic acids is 8. The molecule has 0 fully saturated rings. The summed E-state index contributed by atoms with van der Waals surface area (Å²) in [6.07, 6.45) is 6.61. The summed E-state index contributed by atoms with van der Waals surface area (Å²) in [6.45, 7) is 7.12. The van der Waals surface area contributed by atoms with Crippen molar-refractivity contribution in [3.8, 4) is 0 Å². The maximum Gasteiger partial charge on any atom is 0.332 e. The van der Waals surface area contributed by atoms with Crippen LogP contribution in [0.1, 0.15) is 104 Å². The van der Waals surface area contributed by atoms with Gasteiger partial charge in [-0.2, -0.15) is 0 Å². The standard InChI is InChI=1S/C10H18O6.C9H16O5.C8H14O6.C8H14O5.2C6H10O6.C5H8O5.C4H6O5/c11-8-16-9-15-7-6-14-5-3-1-2-4-10(12)13;1-8(14-7-10)13-6-4-2-3-5-9(11)12;9-6-14-7-13-5-4-12-3-1-2-8(10)11;9-6-13-7-12-5-3-1-2-4-8(10)11;2*7-4-12-5-11-2-1-10-3-6(8)9;1-4(5(7)8)10-3-9-2-6;5-2-9-3-8-1-4(6)7/h8H,1-7,9H2,(H,12,13);7-8H,2-6H2,1H3,(H,11,12);6H,1-5,7H2,(H,10,11);6H,1-5,7H2,(H,10,11);2*4H,1-3,5H2,(H,8,9);2,4H,3H2,1H3,(H,7,8);2H,1,3H2,(H,6,7). The molecule has 0 aliphatic rings. The molecule has 2 unspecified atom stereocenters. The summed E-state index contributed by atoms with van der Waals surface area (Å²) < 4.78 is 91.1. The third-order valence-corrected chi connectivity index (χ3v) is 8.96. The first-order valence-corrected chi connectivity index (χ1v) is 29.2. The maximum atomic E-state index is 10.2. The van der Waals surface area contributed by atoms with Crippen molar-refractivity contribution >= 4 is 99.5 Å². The highest BCUT2D eigenvalue weighted by atomic mass is 16.7. The Kier molecular flexibility index (Phi) is 106. The van der Waals surface area contributed by atoms with E-state index < -0.39 is 66.8 Å². The molecule has 100 heavy (non-hydrogen) atoms. The van der Waals surface area contributed by atoms with Crippen LogP contribution in [0.4, 0.5) is 0 Å². The molecule has 0 aliphatic heterocycles. The fourth-order valence-corrected chi connectivity index (χ4v) is 4.68. The van der Waals surface area contributed by atoms with Gasteiger partial charge in [0.05, 0.1) is 66.1 Å². The van der Waals surface area contributed by atoms with E-state index >= 15 is 0 Å². The van der Waals surface area contributed by atoms with E-state index in [-0.39, 0.29) is 139 Å². The second-order valence-corrected chi connectivity index (χ2v) is 17.0. The van der Waals surface area contributed by atoms with Gasteiger partial charge in [0.15, 0.2) is 59.9 Å². The third-order valence-electron chi connectivity index (χ3n) is 8.96. The van der Waals surface area contributed by atoms with E-state index in [9.17, 15) is 76.7 Å². The molecule has 0 aliphatic carbocycles. The first-order chi connectivity index (χ1) is 48.0. The molecule has 0 radical (unpaired) electrons. The molecule has 8 N–H and O–H groups in total. The van der Waals surface area contributed by atoms with Crippen LogP contribution in [-0.2, 0) is 171 Å². The highest BCUT2D eigenvalue weighted by Gasteiger charge is 2.10. The number of ether oxygens (including phenoxy) is 20. The second kappa shape index (κ2) is 98.7. The second-order valence-electron chi connectivity index (χ2n) is 17.0. The summed E-state index contributed by atoms with van der Waals surface area (Å²) >= 11 is 0. The van der Waals surface area contributed by atoms with Crippen molar-refractivity contribution in [1.29, 1.82) is 0 Å². The molecule has 44 nitrogen and oxygen atoms in total. The summed E-state index contributed by atoms with van der Waals surface area (Å²) in [4.78, 5) is 157. The fraction of sp³-hybridized carbons (Fsp3) is 0.714. The van der Waals surface area contributed by atoms with Gasteiger partial charge in [-0.3, -0.25) is 57.5 Å². The molecule has 0 amide bonds. The molecule has 584 valence electrons. The molecule has 44 heteroatoms.